The van der Waals surface area contributed by atoms with Gasteiger partial charge in [-0.15, -0.1) is 0 Å². The van der Waals surface area contributed by atoms with E-state index in [2.05, 4.69) is 25.9 Å². The van der Waals surface area contributed by atoms with E-state index in [0.717, 1.165) is 56.4 Å². The third-order valence-corrected chi connectivity index (χ3v) is 14.7. The number of pyridine rings is 2. The van der Waals surface area contributed by atoms with Crippen molar-refractivity contribution in [2.45, 2.75) is 133 Å². The number of ether oxygens (including phenoxy) is 6. The fraction of sp³-hybridized carbons (Fsp3) is 0.720. The van der Waals surface area contributed by atoms with Crippen molar-refractivity contribution in [3.63, 3.8) is 0 Å². The molecule has 0 radical (unpaired) electrons. The van der Waals surface area contributed by atoms with E-state index in [4.69, 9.17) is 28.4 Å². The van der Waals surface area contributed by atoms with Gasteiger partial charge in [0.05, 0.1) is 87.5 Å². The van der Waals surface area contributed by atoms with Gasteiger partial charge in [0.15, 0.2) is 0 Å². The Morgan fingerprint density at radius 2 is 1.70 bits per heavy atom. The van der Waals surface area contributed by atoms with Crippen LogP contribution in [0.1, 0.15) is 105 Å². The second-order valence-corrected chi connectivity index (χ2v) is 19.3. The molecule has 3 aliphatic heterocycles. The first-order valence-corrected chi connectivity index (χ1v) is 25.1. The minimum atomic E-state index is -4.52. The number of hydrogen-bond acceptors (Lipinski definition) is 13. The standard InChI is InChI=1S/C50H72F3N7O10/c1-59-45(62)28-40(46(59)34-5-3-16-54-30-34)47(63)56-18-22-69-38-6-8-39(9-7-38)70-26-25-67-24-23-66-21-13-44(61)55-17-4-14-49(15-10-37(29-49)58-42-12-20-68-33-43(42)65-2)48(64)60-19-11-41-35(32-60)27-36(31-57-41)50(51,52)53/h3,5,16,27,30-31,37-40,42-43,46,58H,4,6-15,17-26,28-29,32-33H2,1-2H3,(H,55,61)(H,56,63)/t37-,38-,39-,40+,42+,43-,46-,49+/m1/s1. The van der Waals surface area contributed by atoms with Crippen molar-refractivity contribution in [2.75, 3.05) is 86.6 Å². The van der Waals surface area contributed by atoms with Gasteiger partial charge in [0.1, 0.15) is 0 Å². The van der Waals surface area contributed by atoms with Crippen LogP contribution in [0, 0.1) is 11.3 Å². The fourth-order valence-corrected chi connectivity index (χ4v) is 10.8. The second kappa shape index (κ2) is 25.9. The van der Waals surface area contributed by atoms with Crippen LogP contribution in [0.3, 0.4) is 0 Å². The molecule has 0 spiro atoms. The van der Waals surface area contributed by atoms with Crippen molar-refractivity contribution < 1.29 is 60.8 Å². The van der Waals surface area contributed by atoms with Gasteiger partial charge < -0.3 is 54.2 Å². The van der Waals surface area contributed by atoms with Crippen molar-refractivity contribution in [3.05, 3.63) is 59.2 Å². The van der Waals surface area contributed by atoms with Gasteiger partial charge in [-0.2, -0.15) is 13.2 Å². The van der Waals surface area contributed by atoms with Crippen molar-refractivity contribution in [1.29, 1.82) is 0 Å². The molecule has 3 N–H and O–H groups in total. The van der Waals surface area contributed by atoms with Crippen LogP contribution < -0.4 is 16.0 Å². The molecule has 2 aliphatic carbocycles. The molecule has 6 atom stereocenters. The Kier molecular flexibility index (Phi) is 19.8. The van der Waals surface area contributed by atoms with Crippen LogP contribution in [-0.2, 0) is 66.7 Å². The number of amides is 4. The summed E-state index contributed by atoms with van der Waals surface area (Å²) in [7, 11) is 3.39. The topological polar surface area (TPSA) is 192 Å². The third-order valence-electron chi connectivity index (χ3n) is 14.7. The van der Waals surface area contributed by atoms with E-state index in [1.165, 1.54) is 0 Å². The largest absolute Gasteiger partial charge is 0.417 e. The van der Waals surface area contributed by atoms with Gasteiger partial charge in [0, 0.05) is 103 Å². The fourth-order valence-electron chi connectivity index (χ4n) is 10.8. The van der Waals surface area contributed by atoms with Crippen molar-refractivity contribution in [2.24, 2.45) is 11.3 Å². The number of methoxy groups -OCH3 is 1. The lowest BCUT2D eigenvalue weighted by Gasteiger charge is -2.38. The quantitative estimate of drug-likeness (QED) is 0.126. The molecule has 17 nitrogen and oxygen atoms in total. The van der Waals surface area contributed by atoms with E-state index in [9.17, 15) is 32.3 Å². The Morgan fingerprint density at radius 1 is 0.943 bits per heavy atom. The Morgan fingerprint density at radius 3 is 2.44 bits per heavy atom. The molecule has 4 fully saturated rings. The zero-order valence-electron chi connectivity index (χ0n) is 40.7. The number of nitrogens with one attached hydrogen (secondary N) is 3. The summed E-state index contributed by atoms with van der Waals surface area (Å²) in [5.41, 5.74) is 0.324. The molecule has 2 aromatic rings. The van der Waals surface area contributed by atoms with Crippen molar-refractivity contribution >= 4 is 23.6 Å². The molecule has 7 rings (SSSR count). The number of rotatable bonds is 24. The van der Waals surface area contributed by atoms with Crippen LogP contribution in [-0.4, -0.2) is 160 Å². The zero-order chi connectivity index (χ0) is 49.5. The normalized spacial score (nSPS) is 27.1. The summed E-state index contributed by atoms with van der Waals surface area (Å²) in [6.45, 7) is 4.57. The molecule has 388 valence electrons. The molecule has 5 aliphatic rings. The first-order chi connectivity index (χ1) is 33.8. The molecular formula is C50H72F3N7O10. The SMILES string of the molecule is CO[C@@H]1COCC[C@@H]1N[C@@H]1CC[C@](CCCNC(=O)CCOCCOCCO[C@H]2CC[C@H](OCCNC(=O)[C@H]3CC(=O)N(C)[C@@H]3c3cccnc3)CC2)(C(=O)N2CCc3ncc(C(F)(F)F)cc3C2)C1. The van der Waals surface area contributed by atoms with E-state index in [1.807, 2.05) is 12.1 Å². The summed E-state index contributed by atoms with van der Waals surface area (Å²) in [4.78, 5) is 64.2. The number of aromatic nitrogens is 2. The minimum Gasteiger partial charge on any atom is -0.379 e. The predicted octanol–water partition coefficient (Wildman–Crippen LogP) is 4.31. The number of hydrogen-bond donors (Lipinski definition) is 3. The van der Waals surface area contributed by atoms with E-state index in [0.29, 0.717) is 109 Å². The van der Waals surface area contributed by atoms with Crippen LogP contribution >= 0.6 is 0 Å². The minimum absolute atomic E-state index is 0.0560. The number of carbonyl (C=O) groups excluding carboxylic acids is 4. The summed E-state index contributed by atoms with van der Waals surface area (Å²) in [6, 6.07) is 4.63. The maximum Gasteiger partial charge on any atom is 0.417 e. The summed E-state index contributed by atoms with van der Waals surface area (Å²) >= 11 is 0. The average molecular weight is 988 g/mol. The van der Waals surface area contributed by atoms with E-state index in [1.54, 1.807) is 36.4 Å². The highest BCUT2D eigenvalue weighted by Gasteiger charge is 2.48. The first kappa shape index (κ1) is 53.5. The van der Waals surface area contributed by atoms with Gasteiger partial charge in [0.25, 0.3) is 0 Å². The Balaban J connectivity index is 0.729. The lowest BCUT2D eigenvalue weighted by Crippen LogP contribution is -2.51. The predicted molar refractivity (Wildman–Crippen MR) is 249 cm³/mol. The molecular weight excluding hydrogens is 916 g/mol. The maximum absolute atomic E-state index is 14.5. The summed E-state index contributed by atoms with van der Waals surface area (Å²) < 4.78 is 75.3. The molecule has 2 saturated carbocycles. The monoisotopic (exact) mass is 988 g/mol. The van der Waals surface area contributed by atoms with E-state index >= 15 is 0 Å². The van der Waals surface area contributed by atoms with E-state index in [-0.39, 0.29) is 86.1 Å². The molecule has 70 heavy (non-hydrogen) atoms. The number of halogens is 3. The average Bonchev–Trinajstić information content (AvgIpc) is 3.92. The molecule has 2 saturated heterocycles. The van der Waals surface area contributed by atoms with Crippen LogP contribution in [0.15, 0.2) is 36.8 Å². The van der Waals surface area contributed by atoms with Crippen LogP contribution in [0.5, 0.6) is 0 Å². The van der Waals surface area contributed by atoms with Crippen molar-refractivity contribution in [1.82, 2.24) is 35.7 Å². The summed E-state index contributed by atoms with van der Waals surface area (Å²) in [6.07, 6.45) is 7.95. The Bertz CT molecular complexity index is 2010. The Hall–Kier alpha value is -4.31. The second-order valence-electron chi connectivity index (χ2n) is 19.3. The number of carbonyl (C=O) groups is 4. The van der Waals surface area contributed by atoms with Gasteiger partial charge >= 0.3 is 6.18 Å². The number of likely N-dealkylation sites (tertiary alicyclic amines) is 1. The third kappa shape index (κ3) is 14.7. The maximum atomic E-state index is 14.5. The lowest BCUT2D eigenvalue weighted by atomic mass is 9.79. The van der Waals surface area contributed by atoms with E-state index < -0.39 is 23.1 Å². The van der Waals surface area contributed by atoms with Crippen LogP contribution in [0.4, 0.5) is 13.2 Å². The van der Waals surface area contributed by atoms with Crippen LogP contribution in [0.25, 0.3) is 0 Å². The summed E-state index contributed by atoms with van der Waals surface area (Å²) in [5.74, 6) is -0.903. The lowest BCUT2D eigenvalue weighted by molar-refractivity contribution is -0.143. The zero-order valence-corrected chi connectivity index (χ0v) is 40.7. The molecule has 0 unspecified atom stereocenters. The van der Waals surface area contributed by atoms with Crippen LogP contribution in [0.2, 0.25) is 0 Å². The van der Waals surface area contributed by atoms with Crippen molar-refractivity contribution in [3.8, 4) is 0 Å². The van der Waals surface area contributed by atoms with Gasteiger partial charge in [-0.25, -0.2) is 0 Å². The van der Waals surface area contributed by atoms with Gasteiger partial charge in [-0.1, -0.05) is 6.07 Å². The number of alkyl halides is 3. The highest BCUT2D eigenvalue weighted by Crippen LogP contribution is 2.45. The summed E-state index contributed by atoms with van der Waals surface area (Å²) in [5, 5.41) is 9.65. The van der Waals surface area contributed by atoms with Gasteiger partial charge in [0.2, 0.25) is 23.6 Å². The van der Waals surface area contributed by atoms with Gasteiger partial charge in [-0.05, 0) is 87.5 Å². The molecule has 5 heterocycles. The number of nitrogens with zero attached hydrogens (tertiary/aromatic N) is 4. The molecule has 0 bridgehead atoms. The molecule has 4 amide bonds. The first-order valence-electron chi connectivity index (χ1n) is 25.1. The smallest absolute Gasteiger partial charge is 0.379 e. The molecule has 0 aromatic carbocycles. The molecule has 2 aromatic heterocycles. The molecule has 20 heteroatoms. The Labute approximate surface area is 408 Å². The highest BCUT2D eigenvalue weighted by molar-refractivity contribution is 5.90. The number of fused-ring (bicyclic) bond motifs is 1. The highest BCUT2D eigenvalue weighted by atomic mass is 19.4. The van der Waals surface area contributed by atoms with Gasteiger partial charge in [-0.3, -0.25) is 29.1 Å².